The maximum atomic E-state index is 12.1. The lowest BCUT2D eigenvalue weighted by Gasteiger charge is -2.17. The van der Waals surface area contributed by atoms with Crippen molar-refractivity contribution in [3.63, 3.8) is 0 Å². The summed E-state index contributed by atoms with van der Waals surface area (Å²) in [5, 5.41) is 6.67. The van der Waals surface area contributed by atoms with Crippen LogP contribution in [0.15, 0.2) is 43.0 Å². The first-order chi connectivity index (χ1) is 11.2. The Kier molecular flexibility index (Phi) is 6.28. The highest BCUT2D eigenvalue weighted by Crippen LogP contribution is 2.05. The molecule has 0 saturated heterocycles. The number of hydrogen-bond donors (Lipinski definition) is 1. The Hall–Kier alpha value is -2.70. The van der Waals surface area contributed by atoms with Gasteiger partial charge in [-0.15, -0.1) is 0 Å². The number of aromatic nitrogens is 3. The molecule has 7 nitrogen and oxygen atoms in total. The summed E-state index contributed by atoms with van der Waals surface area (Å²) in [5.41, 5.74) is 0.960. The number of ether oxygens (including phenoxy) is 1. The molecule has 0 fully saturated rings. The van der Waals surface area contributed by atoms with E-state index in [1.165, 1.54) is 6.33 Å². The molecule has 1 aromatic carbocycles. The van der Waals surface area contributed by atoms with E-state index in [1.54, 1.807) is 17.9 Å². The Morgan fingerprint density at radius 2 is 2.09 bits per heavy atom. The van der Waals surface area contributed by atoms with E-state index in [9.17, 15) is 9.59 Å². The monoisotopic (exact) mass is 316 g/mol. The van der Waals surface area contributed by atoms with Crippen LogP contribution in [0.1, 0.15) is 18.9 Å². The van der Waals surface area contributed by atoms with Crippen LogP contribution in [0.4, 0.5) is 0 Å². The van der Waals surface area contributed by atoms with Crippen LogP contribution in [0.2, 0.25) is 0 Å². The van der Waals surface area contributed by atoms with Gasteiger partial charge >= 0.3 is 5.97 Å². The van der Waals surface area contributed by atoms with Crippen LogP contribution in [-0.4, -0.2) is 39.3 Å². The molecule has 2 aromatic rings. The molecule has 0 bridgehead atoms. The molecule has 1 N–H and O–H groups in total. The average Bonchev–Trinajstić information content (AvgIpc) is 3.07. The molecule has 1 aromatic heterocycles. The van der Waals surface area contributed by atoms with Crippen LogP contribution < -0.4 is 5.32 Å². The topological polar surface area (TPSA) is 86.1 Å². The number of esters is 1. The molecule has 0 aliphatic heterocycles. The van der Waals surface area contributed by atoms with E-state index in [2.05, 4.69) is 15.4 Å². The predicted octanol–water partition coefficient (Wildman–Crippen LogP) is 0.959. The number of amides is 1. The molecule has 0 radical (unpaired) electrons. The van der Waals surface area contributed by atoms with Gasteiger partial charge in [0.25, 0.3) is 0 Å². The van der Waals surface area contributed by atoms with Crippen LogP contribution in [-0.2, 0) is 27.3 Å². The van der Waals surface area contributed by atoms with E-state index in [4.69, 9.17) is 4.74 Å². The fourth-order valence-corrected chi connectivity index (χ4v) is 2.12. The van der Waals surface area contributed by atoms with E-state index in [1.807, 2.05) is 30.3 Å². The fraction of sp³-hybridized carbons (Fsp3) is 0.375. The molecule has 0 aliphatic rings. The molecule has 1 unspecified atom stereocenters. The third kappa shape index (κ3) is 5.54. The number of carbonyl (C=O) groups excluding carboxylic acids is 2. The van der Waals surface area contributed by atoms with Crippen molar-refractivity contribution in [3.05, 3.63) is 48.5 Å². The lowest BCUT2D eigenvalue weighted by molar-refractivity contribution is -0.147. The standard InChI is InChI=1S/C16H20N4O3/c1-2-23-16(22)14(10-13-6-4-3-5-7-13)19-15(21)8-9-20-12-17-11-18-20/h3-7,11-12,14H,2,8-10H2,1H3,(H,19,21). The van der Waals surface area contributed by atoms with E-state index in [-0.39, 0.29) is 18.9 Å². The number of benzene rings is 1. The van der Waals surface area contributed by atoms with Crippen LogP contribution in [0.5, 0.6) is 0 Å². The second kappa shape index (κ2) is 8.67. The molecule has 7 heteroatoms. The first-order valence-corrected chi connectivity index (χ1v) is 7.51. The SMILES string of the molecule is CCOC(=O)C(Cc1ccccc1)NC(=O)CCn1cncn1. The third-order valence-corrected chi connectivity index (χ3v) is 3.22. The highest BCUT2D eigenvalue weighted by Gasteiger charge is 2.22. The zero-order valence-corrected chi connectivity index (χ0v) is 13.0. The zero-order chi connectivity index (χ0) is 16.5. The molecular weight excluding hydrogens is 296 g/mol. The summed E-state index contributed by atoms with van der Waals surface area (Å²) in [6, 6.07) is 8.82. The molecule has 0 saturated carbocycles. The summed E-state index contributed by atoms with van der Waals surface area (Å²) in [6.07, 6.45) is 3.57. The van der Waals surface area contributed by atoms with Gasteiger partial charge < -0.3 is 10.1 Å². The third-order valence-electron chi connectivity index (χ3n) is 3.22. The van der Waals surface area contributed by atoms with E-state index in [0.29, 0.717) is 13.0 Å². The van der Waals surface area contributed by atoms with Crippen molar-refractivity contribution in [1.29, 1.82) is 0 Å². The van der Waals surface area contributed by atoms with Gasteiger partial charge in [0, 0.05) is 12.8 Å². The molecule has 2 rings (SSSR count). The van der Waals surface area contributed by atoms with Crippen molar-refractivity contribution in [2.24, 2.45) is 0 Å². The number of hydrogen-bond acceptors (Lipinski definition) is 5. The molecule has 0 aliphatic carbocycles. The summed E-state index contributed by atoms with van der Waals surface area (Å²) in [4.78, 5) is 27.9. The lowest BCUT2D eigenvalue weighted by atomic mass is 10.1. The first kappa shape index (κ1) is 16.7. The number of rotatable bonds is 8. The Balaban J connectivity index is 1.93. The fourth-order valence-electron chi connectivity index (χ4n) is 2.12. The second-order valence-electron chi connectivity index (χ2n) is 4.97. The van der Waals surface area contributed by atoms with E-state index >= 15 is 0 Å². The molecule has 1 atom stereocenters. The van der Waals surface area contributed by atoms with Crippen LogP contribution in [0.25, 0.3) is 0 Å². The summed E-state index contributed by atoms with van der Waals surface area (Å²) in [5.74, 6) is -0.653. The summed E-state index contributed by atoms with van der Waals surface area (Å²) in [6.45, 7) is 2.43. The average molecular weight is 316 g/mol. The van der Waals surface area contributed by atoms with Gasteiger partial charge in [0.15, 0.2) is 0 Å². The van der Waals surface area contributed by atoms with Gasteiger partial charge in [-0.1, -0.05) is 30.3 Å². The molecule has 122 valence electrons. The Morgan fingerprint density at radius 3 is 2.74 bits per heavy atom. The molecule has 1 amide bonds. The second-order valence-corrected chi connectivity index (χ2v) is 4.97. The number of aryl methyl sites for hydroxylation is 1. The van der Waals surface area contributed by atoms with Gasteiger partial charge in [-0.3, -0.25) is 9.48 Å². The minimum atomic E-state index is -0.694. The van der Waals surface area contributed by atoms with Crippen molar-refractivity contribution in [2.45, 2.75) is 32.4 Å². The summed E-state index contributed by atoms with van der Waals surface area (Å²) >= 11 is 0. The minimum absolute atomic E-state index is 0.216. The summed E-state index contributed by atoms with van der Waals surface area (Å²) in [7, 11) is 0. The van der Waals surface area contributed by atoms with Gasteiger partial charge in [0.1, 0.15) is 18.7 Å². The predicted molar refractivity (Wildman–Crippen MR) is 83.3 cm³/mol. The van der Waals surface area contributed by atoms with Crippen LogP contribution >= 0.6 is 0 Å². The zero-order valence-electron chi connectivity index (χ0n) is 13.0. The van der Waals surface area contributed by atoms with Gasteiger partial charge in [-0.25, -0.2) is 9.78 Å². The van der Waals surface area contributed by atoms with Crippen molar-refractivity contribution in [3.8, 4) is 0 Å². The molecule has 1 heterocycles. The van der Waals surface area contributed by atoms with Gasteiger partial charge in [-0.2, -0.15) is 5.10 Å². The highest BCUT2D eigenvalue weighted by atomic mass is 16.5. The van der Waals surface area contributed by atoms with E-state index in [0.717, 1.165) is 5.56 Å². The number of carbonyl (C=O) groups is 2. The molecular formula is C16H20N4O3. The lowest BCUT2D eigenvalue weighted by Crippen LogP contribution is -2.43. The van der Waals surface area contributed by atoms with E-state index < -0.39 is 12.0 Å². The number of nitrogens with zero attached hydrogens (tertiary/aromatic N) is 3. The normalized spacial score (nSPS) is 11.7. The Bertz CT molecular complexity index is 614. The number of nitrogens with one attached hydrogen (secondary N) is 1. The van der Waals surface area contributed by atoms with Crippen molar-refractivity contribution < 1.29 is 14.3 Å². The maximum Gasteiger partial charge on any atom is 0.328 e. The van der Waals surface area contributed by atoms with Crippen molar-refractivity contribution in [2.75, 3.05) is 6.61 Å². The van der Waals surface area contributed by atoms with Gasteiger partial charge in [0.05, 0.1) is 13.2 Å². The van der Waals surface area contributed by atoms with Crippen molar-refractivity contribution in [1.82, 2.24) is 20.1 Å². The Labute approximate surface area is 134 Å². The molecule has 0 spiro atoms. The first-order valence-electron chi connectivity index (χ1n) is 7.51. The van der Waals surface area contributed by atoms with Gasteiger partial charge in [0.2, 0.25) is 5.91 Å². The maximum absolute atomic E-state index is 12.1. The molecule has 23 heavy (non-hydrogen) atoms. The summed E-state index contributed by atoms with van der Waals surface area (Å²) < 4.78 is 6.61. The van der Waals surface area contributed by atoms with Crippen LogP contribution in [0, 0.1) is 0 Å². The smallest absolute Gasteiger partial charge is 0.328 e. The quantitative estimate of drug-likeness (QED) is 0.733. The van der Waals surface area contributed by atoms with Crippen molar-refractivity contribution >= 4 is 11.9 Å². The van der Waals surface area contributed by atoms with Gasteiger partial charge in [-0.05, 0) is 12.5 Å². The minimum Gasteiger partial charge on any atom is -0.464 e. The Morgan fingerprint density at radius 1 is 1.30 bits per heavy atom. The highest BCUT2D eigenvalue weighted by molar-refractivity contribution is 5.84. The largest absolute Gasteiger partial charge is 0.464 e. The van der Waals surface area contributed by atoms with Crippen LogP contribution in [0.3, 0.4) is 0 Å².